The van der Waals surface area contributed by atoms with Crippen molar-refractivity contribution in [3.05, 3.63) is 53.6 Å². The average molecular weight is 435 g/mol. The average Bonchev–Trinajstić information content (AvgIpc) is 2.67. The number of hydrogen-bond donors (Lipinski definition) is 1. The number of rotatable bonds is 10. The molecule has 0 aromatic heterocycles. The summed E-state index contributed by atoms with van der Waals surface area (Å²) in [4.78, 5) is 12.8. The Morgan fingerprint density at radius 3 is 2.33 bits per heavy atom. The van der Waals surface area contributed by atoms with Crippen LogP contribution < -0.4 is 19.1 Å². The fourth-order valence-electron chi connectivity index (χ4n) is 3.12. The van der Waals surface area contributed by atoms with E-state index < -0.39 is 22.0 Å². The SMILES string of the molecule is CCOc1ccc(CNC(=O)[C@@H](C)N(c2cccc(C)c2)S(C)(=O)=O)cc1OCC. The van der Waals surface area contributed by atoms with Gasteiger partial charge in [-0.1, -0.05) is 18.2 Å². The first-order valence-electron chi connectivity index (χ1n) is 9.89. The van der Waals surface area contributed by atoms with Gasteiger partial charge < -0.3 is 14.8 Å². The lowest BCUT2D eigenvalue weighted by molar-refractivity contribution is -0.122. The summed E-state index contributed by atoms with van der Waals surface area (Å²) in [5, 5.41) is 2.82. The van der Waals surface area contributed by atoms with Crippen molar-refractivity contribution in [1.29, 1.82) is 0 Å². The van der Waals surface area contributed by atoms with Crippen molar-refractivity contribution in [3.63, 3.8) is 0 Å². The first-order valence-corrected chi connectivity index (χ1v) is 11.7. The summed E-state index contributed by atoms with van der Waals surface area (Å²) in [7, 11) is -3.65. The van der Waals surface area contributed by atoms with Crippen LogP contribution in [0.2, 0.25) is 0 Å². The van der Waals surface area contributed by atoms with Crippen LogP contribution in [0.25, 0.3) is 0 Å². The van der Waals surface area contributed by atoms with E-state index in [0.717, 1.165) is 21.7 Å². The lowest BCUT2D eigenvalue weighted by Crippen LogP contribution is -2.47. The van der Waals surface area contributed by atoms with Crippen LogP contribution >= 0.6 is 0 Å². The Labute approximate surface area is 179 Å². The number of nitrogens with one attached hydrogen (secondary N) is 1. The van der Waals surface area contributed by atoms with Gasteiger partial charge in [0, 0.05) is 6.54 Å². The van der Waals surface area contributed by atoms with Gasteiger partial charge >= 0.3 is 0 Å². The lowest BCUT2D eigenvalue weighted by atomic mass is 10.2. The Morgan fingerprint density at radius 2 is 1.73 bits per heavy atom. The van der Waals surface area contributed by atoms with Crippen molar-refractivity contribution in [2.24, 2.45) is 0 Å². The summed E-state index contributed by atoms with van der Waals surface area (Å²) in [6.07, 6.45) is 1.10. The van der Waals surface area contributed by atoms with Crippen molar-refractivity contribution >= 4 is 21.6 Å². The van der Waals surface area contributed by atoms with E-state index in [2.05, 4.69) is 5.32 Å². The first kappa shape index (κ1) is 23.5. The number of amides is 1. The van der Waals surface area contributed by atoms with Gasteiger partial charge in [0.25, 0.3) is 0 Å². The van der Waals surface area contributed by atoms with E-state index in [0.29, 0.717) is 30.4 Å². The van der Waals surface area contributed by atoms with Crippen LogP contribution in [0.4, 0.5) is 5.69 Å². The molecule has 1 N–H and O–H groups in total. The molecule has 1 amide bonds. The summed E-state index contributed by atoms with van der Waals surface area (Å²) in [6, 6.07) is 11.6. The number of carbonyl (C=O) groups excluding carboxylic acids is 1. The van der Waals surface area contributed by atoms with Gasteiger partial charge in [-0.3, -0.25) is 9.10 Å². The molecule has 0 heterocycles. The van der Waals surface area contributed by atoms with Crippen LogP contribution in [0.1, 0.15) is 31.9 Å². The largest absolute Gasteiger partial charge is 0.490 e. The molecule has 0 bridgehead atoms. The van der Waals surface area contributed by atoms with E-state index >= 15 is 0 Å². The number of benzene rings is 2. The molecule has 0 aliphatic heterocycles. The highest BCUT2D eigenvalue weighted by Gasteiger charge is 2.29. The van der Waals surface area contributed by atoms with Gasteiger partial charge in [0.1, 0.15) is 6.04 Å². The molecule has 0 aliphatic carbocycles. The zero-order valence-electron chi connectivity index (χ0n) is 18.1. The van der Waals surface area contributed by atoms with Crippen LogP contribution in [-0.4, -0.2) is 39.8 Å². The molecule has 0 aliphatic rings. The quantitative estimate of drug-likeness (QED) is 0.620. The second-order valence-electron chi connectivity index (χ2n) is 6.94. The summed E-state index contributed by atoms with van der Waals surface area (Å²) in [5.41, 5.74) is 2.19. The van der Waals surface area contributed by atoms with Crippen LogP contribution in [0.3, 0.4) is 0 Å². The molecule has 0 spiro atoms. The summed E-state index contributed by atoms with van der Waals surface area (Å²) >= 11 is 0. The maximum absolute atomic E-state index is 12.8. The van der Waals surface area contributed by atoms with Crippen LogP contribution in [-0.2, 0) is 21.4 Å². The molecule has 0 unspecified atom stereocenters. The summed E-state index contributed by atoms with van der Waals surface area (Å²) in [5.74, 6) is 0.857. The van der Waals surface area contributed by atoms with Crippen molar-refractivity contribution in [2.75, 3.05) is 23.8 Å². The second kappa shape index (κ2) is 10.3. The Kier molecular flexibility index (Phi) is 8.11. The topological polar surface area (TPSA) is 84.9 Å². The Morgan fingerprint density at radius 1 is 1.07 bits per heavy atom. The van der Waals surface area contributed by atoms with Gasteiger partial charge in [0.05, 0.1) is 25.2 Å². The zero-order valence-corrected chi connectivity index (χ0v) is 19.0. The number of aryl methyl sites for hydroxylation is 1. The van der Waals surface area contributed by atoms with Gasteiger partial charge in [-0.15, -0.1) is 0 Å². The number of anilines is 1. The number of carbonyl (C=O) groups is 1. The number of hydrogen-bond acceptors (Lipinski definition) is 5. The Hall–Kier alpha value is -2.74. The smallest absolute Gasteiger partial charge is 0.243 e. The molecule has 2 aromatic carbocycles. The molecule has 1 atom stereocenters. The monoisotopic (exact) mass is 434 g/mol. The molecule has 2 rings (SSSR count). The van der Waals surface area contributed by atoms with E-state index in [1.165, 1.54) is 0 Å². The molecule has 164 valence electrons. The summed E-state index contributed by atoms with van der Waals surface area (Å²) < 4.78 is 37.1. The Bertz CT molecular complexity index is 975. The van der Waals surface area contributed by atoms with E-state index in [9.17, 15) is 13.2 Å². The standard InChI is InChI=1S/C22H30N2O5S/c1-6-28-20-12-11-18(14-21(20)29-7-2)15-23-22(25)17(4)24(30(5,26)27)19-10-8-9-16(3)13-19/h8-14,17H,6-7,15H2,1-5H3,(H,23,25)/t17-/m1/s1. The third-order valence-electron chi connectivity index (χ3n) is 4.42. The normalized spacial score (nSPS) is 12.2. The minimum atomic E-state index is -3.65. The van der Waals surface area contributed by atoms with E-state index in [1.807, 2.05) is 39.0 Å². The molecule has 2 aromatic rings. The second-order valence-corrected chi connectivity index (χ2v) is 8.80. The fourth-order valence-corrected chi connectivity index (χ4v) is 4.28. The third-order valence-corrected chi connectivity index (χ3v) is 5.66. The van der Waals surface area contributed by atoms with Crippen molar-refractivity contribution in [1.82, 2.24) is 5.32 Å². The summed E-state index contributed by atoms with van der Waals surface area (Å²) in [6.45, 7) is 8.48. The van der Waals surface area contributed by atoms with E-state index in [-0.39, 0.29) is 6.54 Å². The first-order chi connectivity index (χ1) is 14.2. The zero-order chi connectivity index (χ0) is 22.3. The minimum absolute atomic E-state index is 0.237. The Balaban J connectivity index is 2.17. The molecule has 0 radical (unpaired) electrons. The fraction of sp³-hybridized carbons (Fsp3) is 0.409. The van der Waals surface area contributed by atoms with Crippen LogP contribution in [0.5, 0.6) is 11.5 Å². The van der Waals surface area contributed by atoms with Crippen LogP contribution in [0.15, 0.2) is 42.5 Å². The number of sulfonamides is 1. The van der Waals surface area contributed by atoms with Gasteiger partial charge in [-0.2, -0.15) is 0 Å². The predicted molar refractivity (Wildman–Crippen MR) is 119 cm³/mol. The number of nitrogens with zero attached hydrogens (tertiary/aromatic N) is 1. The molecule has 7 nitrogen and oxygen atoms in total. The van der Waals surface area contributed by atoms with Gasteiger partial charge in [0.15, 0.2) is 11.5 Å². The number of ether oxygens (including phenoxy) is 2. The molecule has 0 fully saturated rings. The predicted octanol–water partition coefficient (Wildman–Crippen LogP) is 3.26. The highest BCUT2D eigenvalue weighted by molar-refractivity contribution is 7.92. The maximum atomic E-state index is 12.8. The lowest BCUT2D eigenvalue weighted by Gasteiger charge is -2.28. The van der Waals surface area contributed by atoms with Crippen molar-refractivity contribution in [2.45, 2.75) is 40.3 Å². The van der Waals surface area contributed by atoms with Gasteiger partial charge in [-0.25, -0.2) is 8.42 Å². The molecule has 0 saturated heterocycles. The van der Waals surface area contributed by atoms with E-state index in [1.54, 1.807) is 31.2 Å². The highest BCUT2D eigenvalue weighted by Crippen LogP contribution is 2.28. The molecule has 30 heavy (non-hydrogen) atoms. The van der Waals surface area contributed by atoms with Crippen molar-refractivity contribution < 1.29 is 22.7 Å². The minimum Gasteiger partial charge on any atom is -0.490 e. The third kappa shape index (κ3) is 6.13. The van der Waals surface area contributed by atoms with E-state index in [4.69, 9.17) is 9.47 Å². The van der Waals surface area contributed by atoms with Gasteiger partial charge in [-0.05, 0) is 63.1 Å². The van der Waals surface area contributed by atoms with Crippen molar-refractivity contribution in [3.8, 4) is 11.5 Å². The molecular formula is C22H30N2O5S. The molecule has 0 saturated carbocycles. The van der Waals surface area contributed by atoms with Crippen LogP contribution in [0, 0.1) is 6.92 Å². The van der Waals surface area contributed by atoms with Gasteiger partial charge in [0.2, 0.25) is 15.9 Å². The highest BCUT2D eigenvalue weighted by atomic mass is 32.2. The molecule has 8 heteroatoms. The molecular weight excluding hydrogens is 404 g/mol. The maximum Gasteiger partial charge on any atom is 0.243 e.